The minimum absolute atomic E-state index is 0.321. The Morgan fingerprint density at radius 3 is 1.50 bits per heavy atom. The summed E-state index contributed by atoms with van der Waals surface area (Å²) in [6, 6.07) is 18.8. The van der Waals surface area contributed by atoms with E-state index in [0.717, 1.165) is 17.3 Å². The predicted molar refractivity (Wildman–Crippen MR) is 117 cm³/mol. The van der Waals surface area contributed by atoms with Gasteiger partial charge in [0, 0.05) is 0 Å². The van der Waals surface area contributed by atoms with E-state index in [1.54, 1.807) is 19.6 Å². The normalized spacial score (nSPS) is 9.70. The van der Waals surface area contributed by atoms with Gasteiger partial charge in [0.2, 0.25) is 0 Å². The zero-order chi connectivity index (χ0) is 22.1. The molecular formula is C20H21N5O3Se2. The van der Waals surface area contributed by atoms with Crippen LogP contribution in [-0.4, -0.2) is 81.4 Å². The van der Waals surface area contributed by atoms with Crippen molar-refractivity contribution in [2.45, 2.75) is 0 Å². The third kappa shape index (κ3) is 6.38. The molecule has 2 aromatic carbocycles. The summed E-state index contributed by atoms with van der Waals surface area (Å²) in [5.74, 6) is -1.43. The first-order valence-corrected chi connectivity index (χ1v) is 10.4. The Hall–Kier alpha value is -2.74. The van der Waals surface area contributed by atoms with Gasteiger partial charge in [0.1, 0.15) is 0 Å². The van der Waals surface area contributed by atoms with E-state index in [9.17, 15) is 9.59 Å². The van der Waals surface area contributed by atoms with Gasteiger partial charge in [-0.1, -0.05) is 0 Å². The number of nitrogens with zero attached hydrogens (tertiary/aromatic N) is 2. The molecular weight excluding hydrogens is 516 g/mol. The van der Waals surface area contributed by atoms with Crippen LogP contribution in [0.15, 0.2) is 72.4 Å². The second kappa shape index (κ2) is 11.4. The van der Waals surface area contributed by atoms with Crippen LogP contribution in [-0.2, 0) is 9.59 Å². The van der Waals surface area contributed by atoms with Crippen molar-refractivity contribution < 1.29 is 14.8 Å². The Bertz CT molecular complexity index is 878. The summed E-state index contributed by atoms with van der Waals surface area (Å²) >= 11 is 5.78. The van der Waals surface area contributed by atoms with Crippen molar-refractivity contribution in [1.82, 2.24) is 26.3 Å². The van der Waals surface area contributed by atoms with Crippen molar-refractivity contribution in [1.29, 1.82) is 0 Å². The Labute approximate surface area is 190 Å². The number of hydrogen-bond acceptors (Lipinski definition) is 6. The molecule has 10 heteroatoms. The van der Waals surface area contributed by atoms with Gasteiger partial charge in [-0.15, -0.1) is 0 Å². The molecule has 0 radical (unpaired) electrons. The Kier molecular flexibility index (Phi) is 8.98. The van der Waals surface area contributed by atoms with Crippen LogP contribution in [0.5, 0.6) is 0 Å². The second-order valence-corrected chi connectivity index (χ2v) is 7.65. The SMILES string of the molecule is CN(NC(=O)C(=CNO)C(=O)NN(C)C(=[Se])c1ccccc1)C(=[Se])c1ccccc1. The number of hydrogen-bond donors (Lipinski definition) is 4. The van der Waals surface area contributed by atoms with E-state index in [1.165, 1.54) is 10.0 Å². The van der Waals surface area contributed by atoms with E-state index in [1.807, 2.05) is 60.7 Å². The Morgan fingerprint density at radius 2 is 1.17 bits per heavy atom. The topological polar surface area (TPSA) is 96.9 Å². The van der Waals surface area contributed by atoms with E-state index in [-0.39, 0.29) is 5.57 Å². The number of hydrazine groups is 2. The third-order valence-electron chi connectivity index (χ3n) is 3.89. The maximum absolute atomic E-state index is 12.6. The molecule has 0 unspecified atom stereocenters. The molecule has 0 saturated heterocycles. The van der Waals surface area contributed by atoms with Gasteiger partial charge in [-0.25, -0.2) is 0 Å². The Balaban J connectivity index is 2.05. The maximum atomic E-state index is 12.6. The molecule has 0 heterocycles. The van der Waals surface area contributed by atoms with Crippen LogP contribution in [0.4, 0.5) is 0 Å². The summed E-state index contributed by atoms with van der Waals surface area (Å²) in [4.78, 5) is 25.3. The summed E-state index contributed by atoms with van der Waals surface area (Å²) in [5.41, 5.74) is 8.33. The van der Waals surface area contributed by atoms with Crippen molar-refractivity contribution in [3.8, 4) is 0 Å². The molecule has 156 valence electrons. The molecule has 2 amide bonds. The molecule has 2 rings (SSSR count). The zero-order valence-electron chi connectivity index (χ0n) is 16.3. The molecule has 0 saturated carbocycles. The van der Waals surface area contributed by atoms with Crippen molar-refractivity contribution in [2.75, 3.05) is 14.1 Å². The number of hydroxylamine groups is 1. The van der Waals surface area contributed by atoms with Crippen LogP contribution in [0.1, 0.15) is 11.1 Å². The van der Waals surface area contributed by atoms with Crippen molar-refractivity contribution >= 4 is 52.0 Å². The average Bonchev–Trinajstić information content (AvgIpc) is 2.77. The van der Waals surface area contributed by atoms with Crippen LogP contribution in [0.2, 0.25) is 0 Å². The molecule has 0 aliphatic rings. The fourth-order valence-corrected chi connectivity index (χ4v) is 3.14. The zero-order valence-corrected chi connectivity index (χ0v) is 19.8. The third-order valence-corrected chi connectivity index (χ3v) is 6.03. The van der Waals surface area contributed by atoms with E-state index >= 15 is 0 Å². The molecule has 0 fully saturated rings. The molecule has 0 aromatic heterocycles. The fraction of sp³-hybridized carbons (Fsp3) is 0.100. The molecule has 30 heavy (non-hydrogen) atoms. The van der Waals surface area contributed by atoms with Gasteiger partial charge in [-0.2, -0.15) is 0 Å². The Morgan fingerprint density at radius 1 is 0.800 bits per heavy atom. The van der Waals surface area contributed by atoms with Gasteiger partial charge in [-0.3, -0.25) is 0 Å². The van der Waals surface area contributed by atoms with Crippen LogP contribution >= 0.6 is 0 Å². The molecule has 0 bridgehead atoms. The van der Waals surface area contributed by atoms with Gasteiger partial charge < -0.3 is 0 Å². The molecule has 0 atom stereocenters. The average molecular weight is 537 g/mol. The standard InChI is InChI=1S/C20H21N5O3Se2/c1-24(19(29)14-9-5-3-6-10-14)22-17(26)16(13-21-28)18(27)23-25(2)20(30)15-11-7-4-8-12-15/h3-13,21,28H,1-2H3,(H,22,26)(H,23,27). The summed E-state index contributed by atoms with van der Waals surface area (Å²) in [5, 5.41) is 11.9. The number of carbonyl (C=O) groups excluding carboxylic acids is 2. The fourth-order valence-electron chi connectivity index (χ4n) is 2.37. The van der Waals surface area contributed by atoms with Gasteiger partial charge in [0.25, 0.3) is 0 Å². The van der Waals surface area contributed by atoms with E-state index in [0.29, 0.717) is 9.08 Å². The van der Waals surface area contributed by atoms with Crippen molar-refractivity contribution in [2.24, 2.45) is 0 Å². The summed E-state index contributed by atoms with van der Waals surface area (Å²) < 4.78 is 1.31. The van der Waals surface area contributed by atoms with E-state index in [2.05, 4.69) is 42.0 Å². The van der Waals surface area contributed by atoms with Gasteiger partial charge in [0.05, 0.1) is 0 Å². The molecule has 0 aliphatic heterocycles. The predicted octanol–water partition coefficient (Wildman–Crippen LogP) is -0.531. The quantitative estimate of drug-likeness (QED) is 0.113. The van der Waals surface area contributed by atoms with Crippen LogP contribution < -0.4 is 16.3 Å². The molecule has 8 nitrogen and oxygen atoms in total. The van der Waals surface area contributed by atoms with Crippen molar-refractivity contribution in [3.05, 3.63) is 83.6 Å². The number of amides is 2. The first-order valence-electron chi connectivity index (χ1n) is 8.73. The van der Waals surface area contributed by atoms with E-state index in [4.69, 9.17) is 5.21 Å². The molecule has 2 aromatic rings. The first kappa shape index (κ1) is 23.5. The molecule has 0 spiro atoms. The number of nitrogens with one attached hydrogen (secondary N) is 3. The van der Waals surface area contributed by atoms with Gasteiger partial charge >= 0.3 is 191 Å². The van der Waals surface area contributed by atoms with Crippen molar-refractivity contribution in [3.63, 3.8) is 0 Å². The second-order valence-electron chi connectivity index (χ2n) is 6.03. The van der Waals surface area contributed by atoms with Crippen LogP contribution in [0, 0.1) is 0 Å². The monoisotopic (exact) mass is 539 g/mol. The van der Waals surface area contributed by atoms with Crippen LogP contribution in [0.3, 0.4) is 0 Å². The minimum atomic E-state index is -0.713. The molecule has 0 aliphatic carbocycles. The summed E-state index contributed by atoms with van der Waals surface area (Å²) in [6.07, 6.45) is 0.912. The first-order chi connectivity index (χ1) is 14.3. The summed E-state index contributed by atoms with van der Waals surface area (Å²) in [6.45, 7) is 0. The van der Waals surface area contributed by atoms with E-state index < -0.39 is 11.8 Å². The molecule has 4 N–H and O–H groups in total. The van der Waals surface area contributed by atoms with Gasteiger partial charge in [0.15, 0.2) is 0 Å². The number of carbonyl (C=O) groups is 2. The van der Waals surface area contributed by atoms with Crippen LogP contribution in [0.25, 0.3) is 0 Å². The summed E-state index contributed by atoms with van der Waals surface area (Å²) in [7, 11) is 3.26. The van der Waals surface area contributed by atoms with Gasteiger partial charge in [-0.05, 0) is 0 Å². The number of benzene rings is 2. The number of rotatable bonds is 9.